The molecule has 0 aliphatic carbocycles. The van der Waals surface area contributed by atoms with E-state index in [0.717, 1.165) is 31.0 Å². The van der Waals surface area contributed by atoms with Crippen LogP contribution in [0.4, 0.5) is 0 Å². The standard InChI is InChI=1S/C12H17Cl2N/c1-2-4-12(14)9-15-8-10-5-3-6-11(13)7-10/h3,5-7,12,15H,2,4,8-9H2,1H3. The molecule has 1 nitrogen and oxygen atoms in total. The zero-order valence-electron chi connectivity index (χ0n) is 8.97. The number of alkyl halides is 1. The first kappa shape index (κ1) is 12.8. The van der Waals surface area contributed by atoms with Crippen LogP contribution in [0.15, 0.2) is 24.3 Å². The van der Waals surface area contributed by atoms with Crippen LogP contribution < -0.4 is 5.32 Å². The Kier molecular flexibility index (Phi) is 6.07. The Morgan fingerprint density at radius 2 is 2.20 bits per heavy atom. The Balaban J connectivity index is 2.25. The average molecular weight is 246 g/mol. The third-order valence-electron chi connectivity index (χ3n) is 2.19. The predicted octanol–water partition coefficient (Wildman–Crippen LogP) is 3.84. The zero-order chi connectivity index (χ0) is 11.1. The van der Waals surface area contributed by atoms with Crippen molar-refractivity contribution in [2.24, 2.45) is 0 Å². The molecule has 0 spiro atoms. The van der Waals surface area contributed by atoms with Crippen molar-refractivity contribution in [2.45, 2.75) is 31.7 Å². The quantitative estimate of drug-likeness (QED) is 0.752. The van der Waals surface area contributed by atoms with Crippen LogP contribution in [0.25, 0.3) is 0 Å². The van der Waals surface area contributed by atoms with E-state index in [1.54, 1.807) is 0 Å². The summed E-state index contributed by atoms with van der Waals surface area (Å²) < 4.78 is 0. The molecule has 15 heavy (non-hydrogen) atoms. The van der Waals surface area contributed by atoms with Crippen molar-refractivity contribution in [3.8, 4) is 0 Å². The molecular formula is C12H17Cl2N. The van der Waals surface area contributed by atoms with Crippen molar-refractivity contribution < 1.29 is 0 Å². The third-order valence-corrected chi connectivity index (χ3v) is 2.79. The van der Waals surface area contributed by atoms with Gasteiger partial charge in [0, 0.05) is 23.5 Å². The van der Waals surface area contributed by atoms with Gasteiger partial charge in [-0.2, -0.15) is 0 Å². The highest BCUT2D eigenvalue weighted by atomic mass is 35.5. The number of hydrogen-bond acceptors (Lipinski definition) is 1. The van der Waals surface area contributed by atoms with Gasteiger partial charge in [0.2, 0.25) is 0 Å². The first-order valence-corrected chi connectivity index (χ1v) is 6.13. The summed E-state index contributed by atoms with van der Waals surface area (Å²) in [5, 5.41) is 4.34. The van der Waals surface area contributed by atoms with Gasteiger partial charge in [-0.15, -0.1) is 11.6 Å². The third kappa shape index (κ3) is 5.41. The topological polar surface area (TPSA) is 12.0 Å². The molecule has 0 saturated carbocycles. The summed E-state index contributed by atoms with van der Waals surface area (Å²) in [6, 6.07) is 7.87. The number of rotatable bonds is 6. The molecule has 1 aromatic carbocycles. The Hall–Kier alpha value is -0.240. The van der Waals surface area contributed by atoms with E-state index >= 15 is 0 Å². The highest BCUT2D eigenvalue weighted by Crippen LogP contribution is 2.10. The second-order valence-electron chi connectivity index (χ2n) is 3.65. The lowest BCUT2D eigenvalue weighted by Crippen LogP contribution is -2.22. The van der Waals surface area contributed by atoms with Crippen LogP contribution in [0, 0.1) is 0 Å². The van der Waals surface area contributed by atoms with Gasteiger partial charge in [-0.05, 0) is 24.1 Å². The fraction of sp³-hybridized carbons (Fsp3) is 0.500. The molecule has 1 rings (SSSR count). The molecule has 0 radical (unpaired) electrons. The maximum Gasteiger partial charge on any atom is 0.0460 e. The van der Waals surface area contributed by atoms with Gasteiger partial charge in [-0.1, -0.05) is 37.1 Å². The van der Waals surface area contributed by atoms with Crippen molar-refractivity contribution in [3.05, 3.63) is 34.9 Å². The van der Waals surface area contributed by atoms with E-state index in [2.05, 4.69) is 18.3 Å². The van der Waals surface area contributed by atoms with E-state index in [0.29, 0.717) is 0 Å². The minimum atomic E-state index is 0.231. The lowest BCUT2D eigenvalue weighted by molar-refractivity contribution is 0.623. The second-order valence-corrected chi connectivity index (χ2v) is 4.70. The molecule has 0 aromatic heterocycles. The highest BCUT2D eigenvalue weighted by molar-refractivity contribution is 6.30. The Bertz CT molecular complexity index is 289. The van der Waals surface area contributed by atoms with Crippen LogP contribution in [-0.2, 0) is 6.54 Å². The first-order valence-electron chi connectivity index (χ1n) is 5.31. The van der Waals surface area contributed by atoms with E-state index in [-0.39, 0.29) is 5.38 Å². The number of hydrogen-bond donors (Lipinski definition) is 1. The SMILES string of the molecule is CCCC(Cl)CNCc1cccc(Cl)c1. The smallest absolute Gasteiger partial charge is 0.0460 e. The lowest BCUT2D eigenvalue weighted by atomic mass is 10.2. The van der Waals surface area contributed by atoms with Gasteiger partial charge in [-0.25, -0.2) is 0 Å². The molecule has 1 atom stereocenters. The Morgan fingerprint density at radius 1 is 1.40 bits per heavy atom. The molecule has 1 aromatic rings. The second kappa shape index (κ2) is 7.10. The van der Waals surface area contributed by atoms with Crippen molar-refractivity contribution >= 4 is 23.2 Å². The summed E-state index contributed by atoms with van der Waals surface area (Å²) in [4.78, 5) is 0. The van der Waals surface area contributed by atoms with E-state index in [1.807, 2.05) is 18.2 Å². The average Bonchev–Trinajstić information content (AvgIpc) is 2.18. The van der Waals surface area contributed by atoms with E-state index in [4.69, 9.17) is 23.2 Å². The van der Waals surface area contributed by atoms with E-state index < -0.39 is 0 Å². The van der Waals surface area contributed by atoms with Crippen molar-refractivity contribution in [1.29, 1.82) is 0 Å². The summed E-state index contributed by atoms with van der Waals surface area (Å²) in [7, 11) is 0. The van der Waals surface area contributed by atoms with Gasteiger partial charge in [0.1, 0.15) is 0 Å². The predicted molar refractivity (Wildman–Crippen MR) is 67.7 cm³/mol. The number of nitrogens with one attached hydrogen (secondary N) is 1. The maximum atomic E-state index is 6.09. The Labute approximate surface area is 102 Å². The summed E-state index contributed by atoms with van der Waals surface area (Å²) >= 11 is 12.0. The van der Waals surface area contributed by atoms with Crippen LogP contribution in [0.3, 0.4) is 0 Å². The van der Waals surface area contributed by atoms with Crippen molar-refractivity contribution in [2.75, 3.05) is 6.54 Å². The minimum absolute atomic E-state index is 0.231. The van der Waals surface area contributed by atoms with Crippen LogP contribution >= 0.6 is 23.2 Å². The maximum absolute atomic E-state index is 6.09. The van der Waals surface area contributed by atoms with Gasteiger partial charge < -0.3 is 5.32 Å². The van der Waals surface area contributed by atoms with Gasteiger partial charge in [0.25, 0.3) is 0 Å². The fourth-order valence-corrected chi connectivity index (χ4v) is 1.98. The summed E-state index contributed by atoms with van der Waals surface area (Å²) in [6.07, 6.45) is 2.19. The van der Waals surface area contributed by atoms with Gasteiger partial charge >= 0.3 is 0 Å². The molecule has 0 fully saturated rings. The number of halogens is 2. The molecular weight excluding hydrogens is 229 g/mol. The normalized spacial score (nSPS) is 12.7. The monoisotopic (exact) mass is 245 g/mol. The van der Waals surface area contributed by atoms with E-state index in [1.165, 1.54) is 5.56 Å². The van der Waals surface area contributed by atoms with Gasteiger partial charge in [-0.3, -0.25) is 0 Å². The van der Waals surface area contributed by atoms with Gasteiger partial charge in [0.15, 0.2) is 0 Å². The number of benzene rings is 1. The van der Waals surface area contributed by atoms with Crippen LogP contribution in [-0.4, -0.2) is 11.9 Å². The molecule has 0 amide bonds. The van der Waals surface area contributed by atoms with Crippen molar-refractivity contribution in [3.63, 3.8) is 0 Å². The van der Waals surface area contributed by atoms with Crippen LogP contribution in [0.2, 0.25) is 5.02 Å². The van der Waals surface area contributed by atoms with E-state index in [9.17, 15) is 0 Å². The summed E-state index contributed by atoms with van der Waals surface area (Å²) in [5.41, 5.74) is 1.20. The molecule has 3 heteroatoms. The lowest BCUT2D eigenvalue weighted by Gasteiger charge is -2.09. The van der Waals surface area contributed by atoms with Gasteiger partial charge in [0.05, 0.1) is 0 Å². The molecule has 0 saturated heterocycles. The first-order chi connectivity index (χ1) is 7.22. The highest BCUT2D eigenvalue weighted by Gasteiger charge is 2.02. The van der Waals surface area contributed by atoms with Crippen molar-refractivity contribution in [1.82, 2.24) is 5.32 Å². The largest absolute Gasteiger partial charge is 0.311 e. The molecule has 0 aliphatic rings. The molecule has 0 aliphatic heterocycles. The molecule has 0 bridgehead atoms. The molecule has 0 heterocycles. The fourth-order valence-electron chi connectivity index (χ4n) is 1.44. The molecule has 1 N–H and O–H groups in total. The molecule has 84 valence electrons. The summed E-state index contributed by atoms with van der Waals surface area (Å²) in [5.74, 6) is 0. The van der Waals surface area contributed by atoms with Crippen LogP contribution in [0.1, 0.15) is 25.3 Å². The minimum Gasteiger partial charge on any atom is -0.311 e. The summed E-state index contributed by atoms with van der Waals surface area (Å²) in [6.45, 7) is 3.82. The van der Waals surface area contributed by atoms with Crippen LogP contribution in [0.5, 0.6) is 0 Å². The molecule has 1 unspecified atom stereocenters. The Morgan fingerprint density at radius 3 is 2.87 bits per heavy atom. The zero-order valence-corrected chi connectivity index (χ0v) is 10.5.